The Morgan fingerprint density at radius 1 is 0.357 bits per heavy atom. The van der Waals surface area contributed by atoms with Crippen LogP contribution in [0.3, 0.4) is 0 Å². The molecular formula is C26H20N2. The number of hydrogen-bond acceptors (Lipinski definition) is 2. The summed E-state index contributed by atoms with van der Waals surface area (Å²) in [6.45, 7) is 0. The van der Waals surface area contributed by atoms with Crippen molar-refractivity contribution in [3.63, 3.8) is 0 Å². The van der Waals surface area contributed by atoms with E-state index in [4.69, 9.17) is 0 Å². The van der Waals surface area contributed by atoms with Gasteiger partial charge in [0.25, 0.3) is 0 Å². The van der Waals surface area contributed by atoms with Crippen LogP contribution in [0.5, 0.6) is 0 Å². The summed E-state index contributed by atoms with van der Waals surface area (Å²) in [5.41, 5.74) is 6.60. The Labute approximate surface area is 165 Å². The maximum atomic E-state index is 4.45. The molecule has 0 unspecified atom stereocenters. The van der Waals surface area contributed by atoms with E-state index in [0.29, 0.717) is 0 Å². The van der Waals surface area contributed by atoms with Crippen LogP contribution in [0.25, 0.3) is 22.3 Å². The van der Waals surface area contributed by atoms with Crippen molar-refractivity contribution in [1.82, 2.24) is 0 Å². The molecule has 0 fully saturated rings. The van der Waals surface area contributed by atoms with Gasteiger partial charge in [-0.1, -0.05) is 84.9 Å². The molecule has 0 saturated heterocycles. The van der Waals surface area contributed by atoms with Crippen molar-refractivity contribution in [3.05, 3.63) is 109 Å². The van der Waals surface area contributed by atoms with Crippen molar-refractivity contribution < 1.29 is 0 Å². The van der Waals surface area contributed by atoms with Gasteiger partial charge in [0.05, 0.1) is 11.4 Å². The fourth-order valence-electron chi connectivity index (χ4n) is 2.98. The maximum Gasteiger partial charge on any atom is 0.0630 e. The van der Waals surface area contributed by atoms with Gasteiger partial charge in [-0.25, -0.2) is 0 Å². The van der Waals surface area contributed by atoms with Gasteiger partial charge < -0.3 is 0 Å². The topological polar surface area (TPSA) is 24.7 Å². The molecule has 0 N–H and O–H groups in total. The van der Waals surface area contributed by atoms with E-state index in [1.54, 1.807) is 12.4 Å². The van der Waals surface area contributed by atoms with E-state index >= 15 is 0 Å². The fraction of sp³-hybridized carbons (Fsp3) is 0. The Kier molecular flexibility index (Phi) is 5.50. The van der Waals surface area contributed by atoms with Gasteiger partial charge in [-0.3, -0.25) is 9.98 Å². The second kappa shape index (κ2) is 8.74. The minimum absolute atomic E-state index is 0.908. The van der Waals surface area contributed by atoms with E-state index < -0.39 is 0 Å². The molecule has 0 aliphatic heterocycles. The second-order valence-electron chi connectivity index (χ2n) is 6.38. The van der Waals surface area contributed by atoms with Crippen LogP contribution in [0.15, 0.2) is 119 Å². The molecule has 0 aliphatic carbocycles. The van der Waals surface area contributed by atoms with E-state index in [0.717, 1.165) is 11.4 Å². The quantitative estimate of drug-likeness (QED) is 0.338. The van der Waals surface area contributed by atoms with Gasteiger partial charge in [0.15, 0.2) is 0 Å². The van der Waals surface area contributed by atoms with Crippen LogP contribution in [0.1, 0.15) is 0 Å². The first-order valence-electron chi connectivity index (χ1n) is 9.26. The molecule has 28 heavy (non-hydrogen) atoms. The van der Waals surface area contributed by atoms with E-state index in [1.807, 2.05) is 60.7 Å². The third-order valence-corrected chi connectivity index (χ3v) is 4.46. The van der Waals surface area contributed by atoms with Crippen LogP contribution in [-0.4, -0.2) is 12.4 Å². The summed E-state index contributed by atoms with van der Waals surface area (Å²) in [6.07, 6.45) is 3.45. The number of benzene rings is 4. The maximum absolute atomic E-state index is 4.45. The molecule has 4 aromatic rings. The van der Waals surface area contributed by atoms with Gasteiger partial charge in [-0.15, -0.1) is 0 Å². The van der Waals surface area contributed by atoms with Gasteiger partial charge >= 0.3 is 0 Å². The third-order valence-electron chi connectivity index (χ3n) is 4.46. The lowest BCUT2D eigenvalue weighted by Crippen LogP contribution is -1.78. The minimum atomic E-state index is 0.908. The summed E-state index contributed by atoms with van der Waals surface area (Å²) in [7, 11) is 0. The van der Waals surface area contributed by atoms with E-state index in [9.17, 15) is 0 Å². The minimum Gasteiger partial charge on any atom is -0.255 e. The predicted molar refractivity (Wildman–Crippen MR) is 120 cm³/mol. The van der Waals surface area contributed by atoms with Crippen LogP contribution in [0, 0.1) is 0 Å². The Morgan fingerprint density at radius 2 is 0.679 bits per heavy atom. The molecular weight excluding hydrogens is 340 g/mol. The zero-order valence-electron chi connectivity index (χ0n) is 15.4. The van der Waals surface area contributed by atoms with Gasteiger partial charge in [0, 0.05) is 12.4 Å². The number of aliphatic imine (C=N–C) groups is 2. The van der Waals surface area contributed by atoms with Gasteiger partial charge in [0.2, 0.25) is 0 Å². The lowest BCUT2D eigenvalue weighted by molar-refractivity contribution is 1.52. The highest BCUT2D eigenvalue weighted by Gasteiger charge is 1.97. The normalized spacial score (nSPS) is 11.3. The summed E-state index contributed by atoms with van der Waals surface area (Å²) >= 11 is 0. The summed E-state index contributed by atoms with van der Waals surface area (Å²) in [4.78, 5) is 8.89. The van der Waals surface area contributed by atoms with Crippen LogP contribution in [0.2, 0.25) is 0 Å². The Hall–Kier alpha value is -3.78. The molecule has 4 aromatic carbocycles. The van der Waals surface area contributed by atoms with Crippen molar-refractivity contribution in [2.24, 2.45) is 9.98 Å². The van der Waals surface area contributed by atoms with Crippen molar-refractivity contribution in [2.75, 3.05) is 0 Å². The average Bonchev–Trinajstić information content (AvgIpc) is 2.79. The summed E-state index contributed by atoms with van der Waals surface area (Å²) in [5, 5.41) is 0. The highest BCUT2D eigenvalue weighted by Crippen LogP contribution is 2.23. The summed E-state index contributed by atoms with van der Waals surface area (Å²) in [5.74, 6) is 0. The summed E-state index contributed by atoms with van der Waals surface area (Å²) < 4.78 is 0. The third kappa shape index (κ3) is 4.49. The Bertz CT molecular complexity index is 972. The summed E-state index contributed by atoms with van der Waals surface area (Å²) in [6, 6.07) is 37.1. The van der Waals surface area contributed by atoms with E-state index in [1.165, 1.54) is 22.3 Å². The molecule has 4 rings (SSSR count). The molecule has 2 nitrogen and oxygen atoms in total. The molecule has 0 amide bonds. The van der Waals surface area contributed by atoms with Gasteiger partial charge in [-0.05, 0) is 46.5 Å². The zero-order valence-corrected chi connectivity index (χ0v) is 15.4. The second-order valence-corrected chi connectivity index (χ2v) is 6.38. The van der Waals surface area contributed by atoms with Crippen LogP contribution in [0.4, 0.5) is 11.4 Å². The Balaban J connectivity index is 1.38. The van der Waals surface area contributed by atoms with Gasteiger partial charge in [0.1, 0.15) is 0 Å². The fourth-order valence-corrected chi connectivity index (χ4v) is 2.98. The molecule has 0 bridgehead atoms. The van der Waals surface area contributed by atoms with Crippen LogP contribution >= 0.6 is 0 Å². The molecule has 0 aliphatic rings. The first kappa shape index (κ1) is 17.6. The molecule has 0 spiro atoms. The Morgan fingerprint density at radius 3 is 1.04 bits per heavy atom. The first-order valence-corrected chi connectivity index (χ1v) is 9.26. The lowest BCUT2D eigenvalue weighted by atomic mass is 10.1. The molecule has 2 heteroatoms. The van der Waals surface area contributed by atoms with E-state index in [-0.39, 0.29) is 0 Å². The molecule has 0 saturated carbocycles. The standard InChI is InChI=1S/C26H20N2/c1-3-7-21(8-4-1)23-11-15-25(16-12-23)27-19-20-28-26-17-13-24(14-18-26)22-9-5-2-6-10-22/h1-20H. The van der Waals surface area contributed by atoms with Crippen LogP contribution in [-0.2, 0) is 0 Å². The molecule has 0 aromatic heterocycles. The highest BCUT2D eigenvalue weighted by molar-refractivity contribution is 6.17. The molecule has 0 heterocycles. The monoisotopic (exact) mass is 360 g/mol. The largest absolute Gasteiger partial charge is 0.255 e. The van der Waals surface area contributed by atoms with Crippen molar-refractivity contribution in [2.45, 2.75) is 0 Å². The molecule has 0 radical (unpaired) electrons. The van der Waals surface area contributed by atoms with Gasteiger partial charge in [-0.2, -0.15) is 0 Å². The molecule has 0 atom stereocenters. The number of hydrogen-bond donors (Lipinski definition) is 0. The lowest BCUT2D eigenvalue weighted by Gasteiger charge is -2.01. The van der Waals surface area contributed by atoms with Crippen LogP contribution < -0.4 is 0 Å². The van der Waals surface area contributed by atoms with Crippen molar-refractivity contribution in [1.29, 1.82) is 0 Å². The van der Waals surface area contributed by atoms with Crippen molar-refractivity contribution in [3.8, 4) is 22.3 Å². The highest BCUT2D eigenvalue weighted by atomic mass is 14.8. The average molecular weight is 360 g/mol. The van der Waals surface area contributed by atoms with Crippen molar-refractivity contribution >= 4 is 23.8 Å². The number of rotatable bonds is 5. The zero-order chi connectivity index (χ0) is 19.0. The number of nitrogens with zero attached hydrogens (tertiary/aromatic N) is 2. The van der Waals surface area contributed by atoms with E-state index in [2.05, 4.69) is 58.5 Å². The first-order chi connectivity index (χ1) is 13.9. The SMILES string of the molecule is C(C=Nc1ccc(-c2ccccc2)cc1)=Nc1ccc(-c2ccccc2)cc1. The molecule has 134 valence electrons. The smallest absolute Gasteiger partial charge is 0.0630 e. The predicted octanol–water partition coefficient (Wildman–Crippen LogP) is 7.13.